The van der Waals surface area contributed by atoms with Crippen molar-refractivity contribution < 1.29 is 13.9 Å². The summed E-state index contributed by atoms with van der Waals surface area (Å²) in [5.41, 5.74) is 5.75. The Hall–Kier alpha value is -2.57. The molecule has 0 spiro atoms. The van der Waals surface area contributed by atoms with Crippen molar-refractivity contribution in [2.24, 2.45) is 0 Å². The molecule has 0 bridgehead atoms. The number of carbonyl (C=O) groups is 1. The number of rotatable bonds is 5. The van der Waals surface area contributed by atoms with Crippen LogP contribution in [-0.4, -0.2) is 41.2 Å². The maximum Gasteiger partial charge on any atom is 0.271 e. The summed E-state index contributed by atoms with van der Waals surface area (Å²) in [6.45, 7) is 0.615. The summed E-state index contributed by atoms with van der Waals surface area (Å²) >= 11 is 0. The lowest BCUT2D eigenvalue weighted by atomic mass is 10.3. The quantitative estimate of drug-likeness (QED) is 0.863. The van der Waals surface area contributed by atoms with Gasteiger partial charge in [0, 0.05) is 19.2 Å². The van der Waals surface area contributed by atoms with Crippen LogP contribution < -0.4 is 10.5 Å². The zero-order valence-electron chi connectivity index (χ0n) is 11.0. The van der Waals surface area contributed by atoms with E-state index in [9.17, 15) is 9.18 Å². The predicted octanol–water partition coefficient (Wildman–Crippen LogP) is 1.28. The molecule has 0 radical (unpaired) electrons. The third-order valence-electron chi connectivity index (χ3n) is 2.67. The van der Waals surface area contributed by atoms with Gasteiger partial charge in [-0.15, -0.1) is 0 Å². The summed E-state index contributed by atoms with van der Waals surface area (Å²) in [5.74, 6) is 0.0892. The molecular formula is C13H15FN4O2. The molecule has 0 aliphatic heterocycles. The second-order valence-electron chi connectivity index (χ2n) is 4.24. The number of benzene rings is 1. The van der Waals surface area contributed by atoms with E-state index >= 15 is 0 Å². The van der Waals surface area contributed by atoms with Crippen LogP contribution in [0.2, 0.25) is 0 Å². The number of carbonyl (C=O) groups excluding carboxylic acids is 1. The average molecular weight is 278 g/mol. The van der Waals surface area contributed by atoms with Crippen LogP contribution in [0.15, 0.2) is 30.3 Å². The van der Waals surface area contributed by atoms with Gasteiger partial charge in [0.1, 0.15) is 29.7 Å². The van der Waals surface area contributed by atoms with Gasteiger partial charge in [-0.25, -0.2) is 4.39 Å². The second kappa shape index (κ2) is 6.05. The van der Waals surface area contributed by atoms with E-state index in [-0.39, 0.29) is 24.1 Å². The Morgan fingerprint density at radius 1 is 1.50 bits per heavy atom. The number of H-pyrrole nitrogens is 1. The number of ether oxygens (including phenoxy) is 1. The van der Waals surface area contributed by atoms with Gasteiger partial charge in [-0.3, -0.25) is 9.89 Å². The number of nitrogens with two attached hydrogens (primary N) is 1. The SMILES string of the molecule is CN(CCOc1cccc(F)c1)C(=O)c1cc(N)n[nH]1. The van der Waals surface area contributed by atoms with Crippen molar-refractivity contribution in [3.8, 4) is 5.75 Å². The van der Waals surface area contributed by atoms with E-state index in [0.717, 1.165) is 0 Å². The number of halogens is 1. The monoisotopic (exact) mass is 278 g/mol. The number of aromatic nitrogens is 2. The molecule has 1 aromatic heterocycles. The summed E-state index contributed by atoms with van der Waals surface area (Å²) in [6.07, 6.45) is 0. The van der Waals surface area contributed by atoms with Gasteiger partial charge in [0.2, 0.25) is 0 Å². The number of anilines is 1. The first kappa shape index (κ1) is 13.9. The van der Waals surface area contributed by atoms with Crippen LogP contribution in [0.25, 0.3) is 0 Å². The molecule has 2 aromatic rings. The lowest BCUT2D eigenvalue weighted by molar-refractivity contribution is 0.0768. The normalized spacial score (nSPS) is 10.3. The lowest BCUT2D eigenvalue weighted by Crippen LogP contribution is -2.31. The molecule has 6 nitrogen and oxygen atoms in total. The Balaban J connectivity index is 1.83. The fourth-order valence-corrected chi connectivity index (χ4v) is 1.61. The Kier molecular flexibility index (Phi) is 4.19. The molecule has 0 aliphatic rings. The molecule has 2 rings (SSSR count). The van der Waals surface area contributed by atoms with Crippen molar-refractivity contribution in [1.82, 2.24) is 15.1 Å². The van der Waals surface area contributed by atoms with E-state index in [1.807, 2.05) is 0 Å². The molecule has 1 aromatic carbocycles. The van der Waals surface area contributed by atoms with E-state index < -0.39 is 0 Å². The van der Waals surface area contributed by atoms with Crippen LogP contribution in [0.4, 0.5) is 10.2 Å². The molecule has 0 saturated carbocycles. The van der Waals surface area contributed by atoms with Gasteiger partial charge < -0.3 is 15.4 Å². The molecular weight excluding hydrogens is 263 g/mol. The van der Waals surface area contributed by atoms with E-state index in [4.69, 9.17) is 10.5 Å². The van der Waals surface area contributed by atoms with Crippen molar-refractivity contribution in [1.29, 1.82) is 0 Å². The van der Waals surface area contributed by atoms with Gasteiger partial charge >= 0.3 is 0 Å². The van der Waals surface area contributed by atoms with Gasteiger partial charge in [0.05, 0.1) is 6.54 Å². The lowest BCUT2D eigenvalue weighted by Gasteiger charge is -2.16. The predicted molar refractivity (Wildman–Crippen MR) is 71.9 cm³/mol. The summed E-state index contributed by atoms with van der Waals surface area (Å²) in [6, 6.07) is 7.31. The van der Waals surface area contributed by atoms with E-state index in [2.05, 4.69) is 10.2 Å². The maximum absolute atomic E-state index is 12.9. The van der Waals surface area contributed by atoms with Crippen molar-refractivity contribution >= 4 is 11.7 Å². The molecule has 0 aliphatic carbocycles. The van der Waals surface area contributed by atoms with Crippen LogP contribution in [0, 0.1) is 5.82 Å². The molecule has 1 amide bonds. The molecule has 0 fully saturated rings. The van der Waals surface area contributed by atoms with Gasteiger partial charge in [-0.1, -0.05) is 6.07 Å². The maximum atomic E-state index is 12.9. The topological polar surface area (TPSA) is 84.2 Å². The van der Waals surface area contributed by atoms with E-state index in [1.54, 1.807) is 19.2 Å². The van der Waals surface area contributed by atoms with Crippen LogP contribution in [0.5, 0.6) is 5.75 Å². The third-order valence-corrected chi connectivity index (χ3v) is 2.67. The number of nitrogen functional groups attached to an aromatic ring is 1. The summed E-state index contributed by atoms with van der Waals surface area (Å²) in [4.78, 5) is 13.4. The minimum absolute atomic E-state index is 0.239. The standard InChI is InChI=1S/C13H15FN4O2/c1-18(13(19)11-8-12(15)17-16-11)5-6-20-10-4-2-3-9(14)7-10/h2-4,7-8H,5-6H2,1H3,(H3,15,16,17). The molecule has 3 N–H and O–H groups in total. The highest BCUT2D eigenvalue weighted by Crippen LogP contribution is 2.11. The molecule has 0 atom stereocenters. The van der Waals surface area contributed by atoms with Crippen LogP contribution in [0.3, 0.4) is 0 Å². The zero-order valence-corrected chi connectivity index (χ0v) is 11.0. The number of likely N-dealkylation sites (N-methyl/N-ethyl adjacent to an activating group) is 1. The first-order chi connectivity index (χ1) is 9.56. The molecule has 106 valence electrons. The Morgan fingerprint density at radius 3 is 2.95 bits per heavy atom. The van der Waals surface area contributed by atoms with Crippen LogP contribution in [0.1, 0.15) is 10.5 Å². The third kappa shape index (κ3) is 3.47. The van der Waals surface area contributed by atoms with Crippen molar-refractivity contribution in [3.05, 3.63) is 41.8 Å². The Labute approximate surface area is 115 Å². The molecule has 7 heteroatoms. The molecule has 20 heavy (non-hydrogen) atoms. The number of nitrogens with zero attached hydrogens (tertiary/aromatic N) is 2. The smallest absolute Gasteiger partial charge is 0.271 e. The first-order valence-corrected chi connectivity index (χ1v) is 6.01. The Bertz CT molecular complexity index is 600. The summed E-state index contributed by atoms with van der Waals surface area (Å²) in [5, 5.41) is 6.24. The second-order valence-corrected chi connectivity index (χ2v) is 4.24. The minimum Gasteiger partial charge on any atom is -0.492 e. The van der Waals surface area contributed by atoms with Gasteiger partial charge in [0.25, 0.3) is 5.91 Å². The van der Waals surface area contributed by atoms with E-state index in [1.165, 1.54) is 23.1 Å². The largest absolute Gasteiger partial charge is 0.492 e. The fraction of sp³-hybridized carbons (Fsp3) is 0.231. The highest BCUT2D eigenvalue weighted by molar-refractivity contribution is 5.92. The van der Waals surface area contributed by atoms with Crippen molar-refractivity contribution in [3.63, 3.8) is 0 Å². The number of hydrogen-bond acceptors (Lipinski definition) is 4. The van der Waals surface area contributed by atoms with E-state index in [0.29, 0.717) is 18.0 Å². The fourth-order valence-electron chi connectivity index (χ4n) is 1.61. The van der Waals surface area contributed by atoms with Gasteiger partial charge in [-0.05, 0) is 12.1 Å². The number of amides is 1. The van der Waals surface area contributed by atoms with Gasteiger partial charge in [0.15, 0.2) is 0 Å². The average Bonchev–Trinajstić information content (AvgIpc) is 2.84. The van der Waals surface area contributed by atoms with Crippen LogP contribution in [-0.2, 0) is 0 Å². The number of hydrogen-bond donors (Lipinski definition) is 2. The molecule has 0 unspecified atom stereocenters. The Morgan fingerprint density at radius 2 is 2.30 bits per heavy atom. The van der Waals surface area contributed by atoms with Crippen molar-refractivity contribution in [2.75, 3.05) is 25.9 Å². The van der Waals surface area contributed by atoms with Crippen LogP contribution >= 0.6 is 0 Å². The van der Waals surface area contributed by atoms with Gasteiger partial charge in [-0.2, -0.15) is 5.10 Å². The first-order valence-electron chi connectivity index (χ1n) is 6.01. The highest BCUT2D eigenvalue weighted by Gasteiger charge is 2.13. The highest BCUT2D eigenvalue weighted by atomic mass is 19.1. The number of aromatic amines is 1. The summed E-state index contributed by atoms with van der Waals surface area (Å²) < 4.78 is 18.3. The number of nitrogens with one attached hydrogen (secondary N) is 1. The minimum atomic E-state index is -0.361. The molecule has 1 heterocycles. The van der Waals surface area contributed by atoms with Crippen molar-refractivity contribution in [2.45, 2.75) is 0 Å². The zero-order chi connectivity index (χ0) is 14.5. The molecule has 0 saturated heterocycles. The summed E-state index contributed by atoms with van der Waals surface area (Å²) in [7, 11) is 1.63.